The van der Waals surface area contributed by atoms with Crippen LogP contribution in [0.2, 0.25) is 5.02 Å². The molecule has 1 fully saturated rings. The van der Waals surface area contributed by atoms with E-state index >= 15 is 0 Å². The molecule has 0 atom stereocenters. The molecule has 160 valence electrons. The lowest BCUT2D eigenvalue weighted by Crippen LogP contribution is -2.33. The third-order valence-electron chi connectivity index (χ3n) is 5.46. The Balaban J connectivity index is 1.24. The molecular weight excluding hydrogens is 402 g/mol. The second-order valence-corrected chi connectivity index (χ2v) is 8.16. The van der Waals surface area contributed by atoms with E-state index in [9.17, 15) is 4.79 Å². The minimum absolute atomic E-state index is 0.298. The third-order valence-corrected chi connectivity index (χ3v) is 5.67. The van der Waals surface area contributed by atoms with Gasteiger partial charge in [-0.05, 0) is 62.5 Å². The molecule has 1 aliphatic heterocycles. The minimum atomic E-state index is -0.298. The Labute approximate surface area is 181 Å². The molecule has 7 nitrogen and oxygen atoms in total. The zero-order valence-electron chi connectivity index (χ0n) is 17.1. The van der Waals surface area contributed by atoms with Crippen molar-refractivity contribution in [2.45, 2.75) is 32.1 Å². The number of aromatic nitrogens is 3. The van der Waals surface area contributed by atoms with Gasteiger partial charge in [-0.3, -0.25) is 4.90 Å². The van der Waals surface area contributed by atoms with Gasteiger partial charge in [0.1, 0.15) is 12.4 Å². The molecule has 30 heavy (non-hydrogen) atoms. The van der Waals surface area contributed by atoms with E-state index in [2.05, 4.69) is 38.6 Å². The van der Waals surface area contributed by atoms with Gasteiger partial charge in [0.15, 0.2) is 5.65 Å². The topological polar surface area (TPSA) is 74.7 Å². The number of aromatic amines is 1. The number of anilines is 1. The van der Waals surface area contributed by atoms with Gasteiger partial charge in [-0.2, -0.15) is 5.10 Å². The normalized spacial score (nSPS) is 14.8. The van der Waals surface area contributed by atoms with Crippen molar-refractivity contribution in [1.82, 2.24) is 19.5 Å². The maximum Gasteiger partial charge on any atom is 0.347 e. The third kappa shape index (κ3) is 5.34. The van der Waals surface area contributed by atoms with Gasteiger partial charge in [0.25, 0.3) is 0 Å². The number of fused-ring (bicyclic) bond motifs is 1. The van der Waals surface area contributed by atoms with Crippen molar-refractivity contribution in [2.75, 3.05) is 38.1 Å². The molecule has 0 unspecified atom stereocenters. The average molecular weight is 430 g/mol. The number of hydrogen-bond acceptors (Lipinski definition) is 5. The number of H-pyrrole nitrogens is 1. The molecule has 2 aromatic heterocycles. The van der Waals surface area contributed by atoms with Crippen LogP contribution in [0.4, 0.5) is 5.69 Å². The number of nitrogens with one attached hydrogen (secondary N) is 2. The number of nitrogens with zero attached hydrogens (tertiary/aromatic N) is 3. The molecule has 1 aliphatic rings. The first-order chi connectivity index (χ1) is 14.7. The van der Waals surface area contributed by atoms with Crippen molar-refractivity contribution >= 4 is 22.9 Å². The Morgan fingerprint density at radius 3 is 2.93 bits per heavy atom. The smallest absolute Gasteiger partial charge is 0.347 e. The van der Waals surface area contributed by atoms with Crippen molar-refractivity contribution in [3.05, 3.63) is 57.6 Å². The molecule has 0 amide bonds. The molecular formula is C22H28ClN5O2. The molecule has 3 aromatic rings. The summed E-state index contributed by atoms with van der Waals surface area (Å²) in [5.41, 5.74) is 2.25. The second-order valence-electron chi connectivity index (χ2n) is 7.72. The first-order valence-corrected chi connectivity index (χ1v) is 11.0. The zero-order chi connectivity index (χ0) is 20.8. The molecule has 8 heteroatoms. The standard InChI is InChI=1S/C22H28ClN5O2/c23-18-15-20(21-25-26-22(29)28(21)16-18)24-9-5-7-17-6-4-8-19(14-17)30-13-12-27-10-2-1-3-11-27/h4,6,8,14-16,24H,1-3,5,7,9-13H2,(H,26,29). The van der Waals surface area contributed by atoms with Crippen LogP contribution in [0.1, 0.15) is 31.2 Å². The van der Waals surface area contributed by atoms with E-state index < -0.39 is 0 Å². The van der Waals surface area contributed by atoms with E-state index in [0.717, 1.165) is 44.0 Å². The molecule has 1 aromatic carbocycles. The number of aryl methyl sites for hydroxylation is 1. The maximum atomic E-state index is 11.7. The summed E-state index contributed by atoms with van der Waals surface area (Å²) in [6, 6.07) is 10.1. The van der Waals surface area contributed by atoms with E-state index in [1.165, 1.54) is 42.3 Å². The van der Waals surface area contributed by atoms with Gasteiger partial charge in [-0.15, -0.1) is 0 Å². The summed E-state index contributed by atoms with van der Waals surface area (Å²) in [6.07, 6.45) is 7.40. The summed E-state index contributed by atoms with van der Waals surface area (Å²) in [5.74, 6) is 0.935. The predicted octanol–water partition coefficient (Wildman–Crippen LogP) is 3.59. The van der Waals surface area contributed by atoms with Crippen LogP contribution in [0.3, 0.4) is 0 Å². The molecule has 4 rings (SSSR count). The number of rotatable bonds is 9. The first-order valence-electron chi connectivity index (χ1n) is 10.6. The predicted molar refractivity (Wildman–Crippen MR) is 120 cm³/mol. The Bertz CT molecular complexity index is 1030. The van der Waals surface area contributed by atoms with Gasteiger partial charge in [0.2, 0.25) is 0 Å². The van der Waals surface area contributed by atoms with Crippen LogP contribution in [0.25, 0.3) is 5.65 Å². The summed E-state index contributed by atoms with van der Waals surface area (Å²) < 4.78 is 7.38. The number of hydrogen-bond donors (Lipinski definition) is 2. The highest BCUT2D eigenvalue weighted by atomic mass is 35.5. The van der Waals surface area contributed by atoms with E-state index in [-0.39, 0.29) is 5.69 Å². The fourth-order valence-electron chi connectivity index (χ4n) is 3.89. The van der Waals surface area contributed by atoms with E-state index in [1.54, 1.807) is 12.3 Å². The fourth-order valence-corrected chi connectivity index (χ4v) is 4.10. The SMILES string of the molecule is O=c1[nH]nc2c(NCCCc3cccc(OCCN4CCCCC4)c3)cc(Cl)cn12. The largest absolute Gasteiger partial charge is 0.492 e. The van der Waals surface area contributed by atoms with Gasteiger partial charge in [-0.1, -0.05) is 30.2 Å². The van der Waals surface area contributed by atoms with Crippen molar-refractivity contribution in [3.8, 4) is 5.75 Å². The van der Waals surface area contributed by atoms with Crippen molar-refractivity contribution in [3.63, 3.8) is 0 Å². The van der Waals surface area contributed by atoms with Crippen LogP contribution < -0.4 is 15.7 Å². The number of pyridine rings is 1. The van der Waals surface area contributed by atoms with E-state index in [4.69, 9.17) is 16.3 Å². The molecule has 0 saturated carbocycles. The lowest BCUT2D eigenvalue weighted by atomic mass is 10.1. The number of ether oxygens (including phenoxy) is 1. The van der Waals surface area contributed by atoms with Crippen molar-refractivity contribution < 1.29 is 4.74 Å². The Kier molecular flexibility index (Phi) is 6.92. The quantitative estimate of drug-likeness (QED) is 0.508. The summed E-state index contributed by atoms with van der Waals surface area (Å²) >= 11 is 6.11. The number of benzene rings is 1. The van der Waals surface area contributed by atoms with Gasteiger partial charge in [0.05, 0.1) is 10.7 Å². The highest BCUT2D eigenvalue weighted by Crippen LogP contribution is 2.20. The lowest BCUT2D eigenvalue weighted by molar-refractivity contribution is 0.183. The van der Waals surface area contributed by atoms with Crippen LogP contribution >= 0.6 is 11.6 Å². The molecule has 0 aliphatic carbocycles. The first kappa shape index (κ1) is 20.8. The summed E-state index contributed by atoms with van der Waals surface area (Å²) in [6.45, 7) is 4.87. The summed E-state index contributed by atoms with van der Waals surface area (Å²) in [4.78, 5) is 14.2. The summed E-state index contributed by atoms with van der Waals surface area (Å²) in [5, 5.41) is 10.3. The highest BCUT2D eigenvalue weighted by Gasteiger charge is 2.10. The average Bonchev–Trinajstić information content (AvgIpc) is 3.13. The Morgan fingerprint density at radius 2 is 2.07 bits per heavy atom. The van der Waals surface area contributed by atoms with E-state index in [0.29, 0.717) is 10.7 Å². The second kappa shape index (κ2) is 10.00. The highest BCUT2D eigenvalue weighted by molar-refractivity contribution is 6.30. The number of halogens is 1. The number of piperidine rings is 1. The Hall–Kier alpha value is -2.51. The lowest BCUT2D eigenvalue weighted by Gasteiger charge is -2.26. The van der Waals surface area contributed by atoms with Crippen LogP contribution in [-0.4, -0.2) is 52.3 Å². The van der Waals surface area contributed by atoms with Gasteiger partial charge < -0.3 is 10.1 Å². The maximum absolute atomic E-state index is 11.7. The molecule has 0 radical (unpaired) electrons. The summed E-state index contributed by atoms with van der Waals surface area (Å²) in [7, 11) is 0. The number of likely N-dealkylation sites (tertiary alicyclic amines) is 1. The monoisotopic (exact) mass is 429 g/mol. The van der Waals surface area contributed by atoms with E-state index in [1.807, 2.05) is 6.07 Å². The minimum Gasteiger partial charge on any atom is -0.492 e. The van der Waals surface area contributed by atoms with Crippen molar-refractivity contribution in [2.24, 2.45) is 0 Å². The van der Waals surface area contributed by atoms with Gasteiger partial charge >= 0.3 is 5.69 Å². The molecule has 0 bridgehead atoms. The van der Waals surface area contributed by atoms with Crippen LogP contribution in [0, 0.1) is 0 Å². The zero-order valence-corrected chi connectivity index (χ0v) is 17.8. The van der Waals surface area contributed by atoms with Crippen LogP contribution in [0.5, 0.6) is 5.75 Å². The molecule has 2 N–H and O–H groups in total. The molecule has 0 spiro atoms. The van der Waals surface area contributed by atoms with Gasteiger partial charge in [-0.25, -0.2) is 14.3 Å². The molecule has 3 heterocycles. The van der Waals surface area contributed by atoms with Gasteiger partial charge in [0, 0.05) is 19.3 Å². The van der Waals surface area contributed by atoms with Crippen LogP contribution in [-0.2, 0) is 6.42 Å². The van der Waals surface area contributed by atoms with Crippen LogP contribution in [0.15, 0.2) is 41.3 Å². The molecule has 1 saturated heterocycles. The Morgan fingerprint density at radius 1 is 1.20 bits per heavy atom. The van der Waals surface area contributed by atoms with Crippen molar-refractivity contribution in [1.29, 1.82) is 0 Å². The fraction of sp³-hybridized carbons (Fsp3) is 0.455.